The molecule has 0 radical (unpaired) electrons. The van der Waals surface area contributed by atoms with Gasteiger partial charge in [-0.1, -0.05) is 23.4 Å². The number of benzene rings is 2. The van der Waals surface area contributed by atoms with Crippen molar-refractivity contribution < 1.29 is 9.32 Å². The first-order valence-corrected chi connectivity index (χ1v) is 9.88. The van der Waals surface area contributed by atoms with Crippen LogP contribution in [0.5, 0.6) is 0 Å². The number of nitrogens with zero attached hydrogens (tertiary/aromatic N) is 5. The van der Waals surface area contributed by atoms with Crippen LogP contribution < -0.4 is 5.32 Å². The Morgan fingerprint density at radius 2 is 2.13 bits per heavy atom. The van der Waals surface area contributed by atoms with Gasteiger partial charge in [-0.05, 0) is 35.2 Å². The van der Waals surface area contributed by atoms with Crippen molar-refractivity contribution in [3.8, 4) is 17.5 Å². The minimum absolute atomic E-state index is 0.0467. The highest BCUT2D eigenvalue weighted by molar-refractivity contribution is 5.99. The number of carbonyl (C=O) groups excluding carboxylic acids is 1. The third-order valence-electron chi connectivity index (χ3n) is 5.34. The van der Waals surface area contributed by atoms with E-state index in [9.17, 15) is 4.79 Å². The predicted molar refractivity (Wildman–Crippen MR) is 114 cm³/mol. The Kier molecular flexibility index (Phi) is 4.56. The molecule has 0 bridgehead atoms. The Labute approximate surface area is 178 Å². The topological polar surface area (TPSA) is 108 Å². The molecular weight excluding hydrogens is 392 g/mol. The standard InChI is InChI=1S/C23H18N6O2/c1-14-27-21(28-31-14)17-5-4-16-6-7-25-22(19(16)11-17)26-8-9-29-13-18-3-2-15(12-24)10-20(18)23(29)30/h2-7,10-11H,8-9,13H2,1H3,(H,25,26). The van der Waals surface area contributed by atoms with Crippen LogP contribution >= 0.6 is 0 Å². The zero-order chi connectivity index (χ0) is 21.4. The number of anilines is 1. The smallest absolute Gasteiger partial charge is 0.254 e. The Morgan fingerprint density at radius 1 is 1.23 bits per heavy atom. The van der Waals surface area contributed by atoms with E-state index in [0.717, 1.165) is 27.7 Å². The molecule has 1 aliphatic heterocycles. The highest BCUT2D eigenvalue weighted by Crippen LogP contribution is 2.27. The summed E-state index contributed by atoms with van der Waals surface area (Å²) in [6.07, 6.45) is 1.75. The van der Waals surface area contributed by atoms with Crippen LogP contribution in [-0.4, -0.2) is 39.0 Å². The molecule has 4 aromatic rings. The average Bonchev–Trinajstić information content (AvgIpc) is 3.36. The van der Waals surface area contributed by atoms with Crippen molar-refractivity contribution in [1.29, 1.82) is 5.26 Å². The lowest BCUT2D eigenvalue weighted by molar-refractivity contribution is 0.0784. The number of amides is 1. The van der Waals surface area contributed by atoms with Gasteiger partial charge in [0.2, 0.25) is 11.7 Å². The Bertz CT molecular complexity index is 1350. The first kappa shape index (κ1) is 18.8. The predicted octanol–water partition coefficient (Wildman–Crippen LogP) is 3.53. The fourth-order valence-corrected chi connectivity index (χ4v) is 3.79. The van der Waals surface area contributed by atoms with Gasteiger partial charge in [0.05, 0.1) is 11.6 Å². The van der Waals surface area contributed by atoms with Gasteiger partial charge in [0.1, 0.15) is 5.82 Å². The summed E-state index contributed by atoms with van der Waals surface area (Å²) < 4.78 is 5.09. The first-order chi connectivity index (χ1) is 15.1. The van der Waals surface area contributed by atoms with Gasteiger partial charge in [-0.2, -0.15) is 10.2 Å². The highest BCUT2D eigenvalue weighted by atomic mass is 16.5. The molecule has 1 amide bonds. The maximum Gasteiger partial charge on any atom is 0.254 e. The number of hydrogen-bond donors (Lipinski definition) is 1. The molecule has 3 heterocycles. The van der Waals surface area contributed by atoms with Crippen molar-refractivity contribution in [3.05, 3.63) is 71.2 Å². The molecule has 152 valence electrons. The summed E-state index contributed by atoms with van der Waals surface area (Å²) in [4.78, 5) is 23.2. The summed E-state index contributed by atoms with van der Waals surface area (Å²) in [5, 5.41) is 18.4. The van der Waals surface area contributed by atoms with Crippen molar-refractivity contribution in [2.24, 2.45) is 0 Å². The van der Waals surface area contributed by atoms with Crippen molar-refractivity contribution in [2.45, 2.75) is 13.5 Å². The van der Waals surface area contributed by atoms with E-state index in [-0.39, 0.29) is 5.91 Å². The van der Waals surface area contributed by atoms with Crippen LogP contribution in [0, 0.1) is 18.3 Å². The molecule has 2 aromatic heterocycles. The van der Waals surface area contributed by atoms with Crippen molar-refractivity contribution in [2.75, 3.05) is 18.4 Å². The van der Waals surface area contributed by atoms with Gasteiger partial charge in [-0.3, -0.25) is 4.79 Å². The minimum Gasteiger partial charge on any atom is -0.368 e. The number of pyridine rings is 1. The maximum absolute atomic E-state index is 12.7. The van der Waals surface area contributed by atoms with Crippen molar-refractivity contribution in [1.82, 2.24) is 20.0 Å². The van der Waals surface area contributed by atoms with Crippen LogP contribution in [0.25, 0.3) is 22.2 Å². The zero-order valence-corrected chi connectivity index (χ0v) is 16.8. The SMILES string of the molecule is Cc1nc(-c2ccc3ccnc(NCCN4Cc5ccc(C#N)cc5C4=O)c3c2)no1. The monoisotopic (exact) mass is 410 g/mol. The third kappa shape index (κ3) is 3.46. The number of fused-ring (bicyclic) bond motifs is 2. The summed E-state index contributed by atoms with van der Waals surface area (Å²) in [5.74, 6) is 1.73. The van der Waals surface area contributed by atoms with E-state index in [2.05, 4.69) is 26.5 Å². The fraction of sp³-hybridized carbons (Fsp3) is 0.174. The molecule has 1 aliphatic rings. The summed E-state index contributed by atoms with van der Waals surface area (Å²) in [7, 11) is 0. The van der Waals surface area contributed by atoms with Gasteiger partial charge in [0.15, 0.2) is 0 Å². The van der Waals surface area contributed by atoms with Gasteiger partial charge in [-0.25, -0.2) is 4.98 Å². The van der Waals surface area contributed by atoms with E-state index in [1.165, 1.54) is 0 Å². The Morgan fingerprint density at radius 3 is 2.94 bits per heavy atom. The second-order valence-electron chi connectivity index (χ2n) is 7.37. The number of aromatic nitrogens is 3. The maximum atomic E-state index is 12.7. The normalized spacial score (nSPS) is 12.8. The third-order valence-corrected chi connectivity index (χ3v) is 5.34. The second kappa shape index (κ2) is 7.54. The lowest BCUT2D eigenvalue weighted by Crippen LogP contribution is -2.29. The van der Waals surface area contributed by atoms with Gasteiger partial charge >= 0.3 is 0 Å². The Balaban J connectivity index is 1.32. The second-order valence-corrected chi connectivity index (χ2v) is 7.37. The summed E-state index contributed by atoms with van der Waals surface area (Å²) in [5.41, 5.74) is 2.91. The van der Waals surface area contributed by atoms with Crippen LogP contribution in [0.15, 0.2) is 53.2 Å². The van der Waals surface area contributed by atoms with Crippen LogP contribution in [0.4, 0.5) is 5.82 Å². The molecule has 0 aliphatic carbocycles. The molecule has 0 unspecified atom stereocenters. The number of rotatable bonds is 5. The van der Waals surface area contributed by atoms with E-state index in [4.69, 9.17) is 9.78 Å². The average molecular weight is 410 g/mol. The van der Waals surface area contributed by atoms with Gasteiger partial charge in [0, 0.05) is 49.3 Å². The number of carbonyl (C=O) groups is 1. The van der Waals surface area contributed by atoms with E-state index in [1.807, 2.05) is 30.3 Å². The van der Waals surface area contributed by atoms with E-state index >= 15 is 0 Å². The molecule has 0 saturated carbocycles. The van der Waals surface area contributed by atoms with E-state index in [0.29, 0.717) is 42.5 Å². The number of hydrogen-bond acceptors (Lipinski definition) is 7. The summed E-state index contributed by atoms with van der Waals surface area (Å²) >= 11 is 0. The molecule has 1 N–H and O–H groups in total. The molecule has 8 nitrogen and oxygen atoms in total. The molecule has 0 atom stereocenters. The van der Waals surface area contributed by atoms with Crippen LogP contribution in [0.1, 0.15) is 27.4 Å². The Hall–Kier alpha value is -4.25. The zero-order valence-electron chi connectivity index (χ0n) is 16.8. The number of aryl methyl sites for hydroxylation is 1. The molecule has 8 heteroatoms. The van der Waals surface area contributed by atoms with Crippen LogP contribution in [-0.2, 0) is 6.54 Å². The lowest BCUT2D eigenvalue weighted by atomic mass is 10.1. The highest BCUT2D eigenvalue weighted by Gasteiger charge is 2.27. The summed E-state index contributed by atoms with van der Waals surface area (Å²) in [6, 6.07) is 15.2. The first-order valence-electron chi connectivity index (χ1n) is 9.88. The fourth-order valence-electron chi connectivity index (χ4n) is 3.79. The molecule has 2 aromatic carbocycles. The van der Waals surface area contributed by atoms with Crippen LogP contribution in [0.3, 0.4) is 0 Å². The minimum atomic E-state index is -0.0467. The molecule has 0 saturated heterocycles. The summed E-state index contributed by atoms with van der Waals surface area (Å²) in [6.45, 7) is 3.37. The molecular formula is C23H18N6O2. The lowest BCUT2D eigenvalue weighted by Gasteiger charge is -2.16. The van der Waals surface area contributed by atoms with E-state index < -0.39 is 0 Å². The largest absolute Gasteiger partial charge is 0.368 e. The number of nitriles is 1. The molecule has 5 rings (SSSR count). The van der Waals surface area contributed by atoms with Crippen molar-refractivity contribution in [3.63, 3.8) is 0 Å². The van der Waals surface area contributed by atoms with Crippen molar-refractivity contribution >= 4 is 22.5 Å². The molecule has 31 heavy (non-hydrogen) atoms. The van der Waals surface area contributed by atoms with Gasteiger partial charge in [0.25, 0.3) is 5.91 Å². The van der Waals surface area contributed by atoms with Gasteiger partial charge in [-0.15, -0.1) is 0 Å². The molecule has 0 spiro atoms. The quantitative estimate of drug-likeness (QED) is 0.536. The number of nitrogens with one attached hydrogen (secondary N) is 1. The van der Waals surface area contributed by atoms with Crippen LogP contribution in [0.2, 0.25) is 0 Å². The molecule has 0 fully saturated rings. The van der Waals surface area contributed by atoms with Gasteiger partial charge < -0.3 is 14.7 Å². The van der Waals surface area contributed by atoms with E-state index in [1.54, 1.807) is 30.2 Å².